The Balaban J connectivity index is 1.26. The van der Waals surface area contributed by atoms with Gasteiger partial charge in [-0.15, -0.1) is 11.3 Å². The Bertz CT molecular complexity index is 1990. The molecule has 4 aromatic rings. The van der Waals surface area contributed by atoms with E-state index in [-0.39, 0.29) is 66.4 Å². The summed E-state index contributed by atoms with van der Waals surface area (Å²) in [6.07, 6.45) is 4.74. The highest BCUT2D eigenvalue weighted by Gasteiger charge is 2.41. The van der Waals surface area contributed by atoms with Crippen molar-refractivity contribution in [1.82, 2.24) is 20.2 Å². The molecule has 2 unspecified atom stereocenters. The molecule has 1 aliphatic carbocycles. The van der Waals surface area contributed by atoms with E-state index >= 15 is 4.39 Å². The van der Waals surface area contributed by atoms with Gasteiger partial charge in [0, 0.05) is 66.6 Å². The van der Waals surface area contributed by atoms with E-state index in [2.05, 4.69) is 26.2 Å². The van der Waals surface area contributed by atoms with Crippen LogP contribution in [0.5, 0.6) is 6.01 Å². The number of piperazine rings is 1. The molecule has 4 fully saturated rings. The monoisotopic (exact) mass is 658 g/mol. The van der Waals surface area contributed by atoms with Crippen molar-refractivity contribution in [3.05, 3.63) is 41.0 Å². The first-order valence-corrected chi connectivity index (χ1v) is 16.9. The van der Waals surface area contributed by atoms with Crippen molar-refractivity contribution in [2.45, 2.75) is 56.8 Å². The lowest BCUT2D eigenvalue weighted by Gasteiger charge is -2.43. The average Bonchev–Trinajstić information content (AvgIpc) is 3.73. The second kappa shape index (κ2) is 11.5. The molecule has 8 rings (SSSR count). The number of anilines is 2. The molecule has 3 atom stereocenters. The summed E-state index contributed by atoms with van der Waals surface area (Å²) in [4.78, 5) is 13.7. The van der Waals surface area contributed by atoms with Crippen molar-refractivity contribution in [3.8, 4) is 29.3 Å². The first-order chi connectivity index (χ1) is 22.8. The number of benzene rings is 2. The van der Waals surface area contributed by atoms with E-state index < -0.39 is 17.8 Å². The van der Waals surface area contributed by atoms with Gasteiger partial charge in [-0.1, -0.05) is 12.5 Å². The van der Waals surface area contributed by atoms with Gasteiger partial charge in [-0.25, -0.2) is 13.2 Å². The van der Waals surface area contributed by atoms with Crippen LogP contribution in [-0.4, -0.2) is 72.5 Å². The highest BCUT2D eigenvalue weighted by Crippen LogP contribution is 2.46. The van der Waals surface area contributed by atoms with E-state index in [4.69, 9.17) is 15.5 Å². The van der Waals surface area contributed by atoms with Crippen LogP contribution in [0, 0.1) is 39.7 Å². The minimum atomic E-state index is -0.804. The van der Waals surface area contributed by atoms with E-state index in [1.165, 1.54) is 12.1 Å². The average molecular weight is 659 g/mol. The maximum atomic E-state index is 17.1. The summed E-state index contributed by atoms with van der Waals surface area (Å²) in [6.45, 7) is 3.52. The fourth-order valence-corrected chi connectivity index (χ4v) is 8.92. The minimum absolute atomic E-state index is 0.0124. The molecule has 3 aliphatic heterocycles. The lowest BCUT2D eigenvalue weighted by atomic mass is 9.69. The number of hydrogen-bond acceptors (Lipinski definition) is 10. The van der Waals surface area contributed by atoms with Crippen LogP contribution in [0.1, 0.15) is 49.7 Å². The molecule has 5 heterocycles. The van der Waals surface area contributed by atoms with Crippen molar-refractivity contribution in [3.63, 3.8) is 0 Å². The van der Waals surface area contributed by atoms with Gasteiger partial charge in [-0.05, 0) is 49.8 Å². The van der Waals surface area contributed by atoms with Gasteiger partial charge in [0.2, 0.25) is 0 Å². The maximum absolute atomic E-state index is 17.1. The Morgan fingerprint density at radius 3 is 2.53 bits per heavy atom. The van der Waals surface area contributed by atoms with Gasteiger partial charge < -0.3 is 20.7 Å². The molecule has 0 radical (unpaired) electrons. The third-order valence-electron chi connectivity index (χ3n) is 10.4. The lowest BCUT2D eigenvalue weighted by Crippen LogP contribution is -2.51. The molecule has 4 aliphatic rings. The Hall–Kier alpha value is -4.17. The zero-order valence-electron chi connectivity index (χ0n) is 25.7. The van der Waals surface area contributed by atoms with Crippen LogP contribution in [0.15, 0.2) is 18.2 Å². The molecule has 2 aromatic carbocycles. The van der Waals surface area contributed by atoms with Gasteiger partial charge in [-0.3, -0.25) is 4.90 Å². The van der Waals surface area contributed by atoms with Gasteiger partial charge in [0.05, 0.1) is 28.5 Å². The molecule has 3 N–H and O–H groups in total. The van der Waals surface area contributed by atoms with Gasteiger partial charge >= 0.3 is 6.01 Å². The van der Waals surface area contributed by atoms with Crippen LogP contribution in [0.2, 0.25) is 0 Å². The van der Waals surface area contributed by atoms with E-state index in [0.29, 0.717) is 43.9 Å². The number of thiophene rings is 1. The van der Waals surface area contributed by atoms with Crippen molar-refractivity contribution < 1.29 is 17.9 Å². The Morgan fingerprint density at radius 1 is 1.09 bits per heavy atom. The molecular weight excluding hydrogens is 625 g/mol. The molecule has 242 valence electrons. The maximum Gasteiger partial charge on any atom is 0.319 e. The Labute approximate surface area is 273 Å². The molecule has 13 heteroatoms. The highest BCUT2D eigenvalue weighted by molar-refractivity contribution is 7.23. The summed E-state index contributed by atoms with van der Waals surface area (Å²) in [5, 5.41) is 24.5. The van der Waals surface area contributed by atoms with Crippen LogP contribution < -0.4 is 20.7 Å². The third kappa shape index (κ3) is 5.12. The zero-order valence-corrected chi connectivity index (χ0v) is 26.5. The molecule has 47 heavy (non-hydrogen) atoms. The number of nitrogens with two attached hydrogens (primary N) is 1. The number of fused-ring (bicyclic) bond motifs is 4. The quantitative estimate of drug-likeness (QED) is 0.259. The normalized spacial score (nSPS) is 23.6. The van der Waals surface area contributed by atoms with Gasteiger partial charge in [0.1, 0.15) is 34.4 Å². The van der Waals surface area contributed by atoms with Crippen LogP contribution in [0.3, 0.4) is 0 Å². The van der Waals surface area contributed by atoms with Crippen LogP contribution in [0.4, 0.5) is 24.0 Å². The molecule has 1 saturated carbocycles. The molecule has 3 saturated heterocycles. The summed E-state index contributed by atoms with van der Waals surface area (Å²) < 4.78 is 52.3. The largest absolute Gasteiger partial charge is 0.463 e. The summed E-state index contributed by atoms with van der Waals surface area (Å²) in [5.74, 6) is -0.873. The number of alkyl halides is 1. The number of ether oxygens (including phenoxy) is 1. The molecule has 0 spiro atoms. The Kier molecular flexibility index (Phi) is 7.39. The van der Waals surface area contributed by atoms with Crippen molar-refractivity contribution >= 4 is 43.1 Å². The van der Waals surface area contributed by atoms with Crippen molar-refractivity contribution in [2.24, 2.45) is 5.41 Å². The van der Waals surface area contributed by atoms with E-state index in [1.807, 2.05) is 6.07 Å². The predicted octanol–water partition coefficient (Wildman–Crippen LogP) is 5.65. The highest BCUT2D eigenvalue weighted by atomic mass is 32.1. The zero-order chi connectivity index (χ0) is 32.4. The van der Waals surface area contributed by atoms with Crippen molar-refractivity contribution in [1.29, 1.82) is 10.5 Å². The summed E-state index contributed by atoms with van der Waals surface area (Å²) >= 11 is 0.912. The molecule has 9 nitrogen and oxygen atoms in total. The summed E-state index contributed by atoms with van der Waals surface area (Å²) in [7, 11) is 0. The second-order valence-electron chi connectivity index (χ2n) is 13.5. The number of nitrogens with zero attached hydrogens (tertiary/aromatic N) is 6. The van der Waals surface area contributed by atoms with Crippen LogP contribution in [-0.2, 0) is 0 Å². The SMILES string of the molecule is N#Cc1cc2c(N3CC4CCC(C3)N4)nc(OCC3(CN4CC[C@H](F)C4)CCC3)nc2c(F)c1-c1ccc(F)c2sc(N)c(C#N)c12. The smallest absolute Gasteiger partial charge is 0.319 e. The van der Waals surface area contributed by atoms with Crippen molar-refractivity contribution in [2.75, 3.05) is 50.0 Å². The van der Waals surface area contributed by atoms with Gasteiger partial charge in [-0.2, -0.15) is 20.5 Å². The first kappa shape index (κ1) is 30.2. The number of nitriles is 2. The molecule has 2 aromatic heterocycles. The topological polar surface area (TPSA) is 127 Å². The second-order valence-corrected chi connectivity index (χ2v) is 14.6. The minimum Gasteiger partial charge on any atom is -0.463 e. The van der Waals surface area contributed by atoms with Crippen LogP contribution in [0.25, 0.3) is 32.1 Å². The van der Waals surface area contributed by atoms with Gasteiger partial charge in [0.25, 0.3) is 0 Å². The number of halogens is 3. The van der Waals surface area contributed by atoms with E-state index in [1.54, 1.807) is 6.07 Å². The molecule has 0 amide bonds. The fraction of sp³-hybridized carbons (Fsp3) is 0.471. The number of hydrogen-bond donors (Lipinski definition) is 2. The van der Waals surface area contributed by atoms with Gasteiger partial charge in [0.15, 0.2) is 5.82 Å². The van der Waals surface area contributed by atoms with E-state index in [9.17, 15) is 19.3 Å². The predicted molar refractivity (Wildman–Crippen MR) is 174 cm³/mol. The Morgan fingerprint density at radius 2 is 1.87 bits per heavy atom. The van der Waals surface area contributed by atoms with Crippen LogP contribution >= 0.6 is 11.3 Å². The fourth-order valence-electron chi connectivity index (χ4n) is 7.97. The first-order valence-electron chi connectivity index (χ1n) is 16.1. The number of rotatable bonds is 7. The third-order valence-corrected chi connectivity index (χ3v) is 11.4. The molecule has 2 bridgehead atoms. The summed E-state index contributed by atoms with van der Waals surface area (Å²) in [5.41, 5.74) is 6.05. The summed E-state index contributed by atoms with van der Waals surface area (Å²) in [6, 6.07) is 8.88. The number of likely N-dealkylation sites (tertiary alicyclic amines) is 1. The number of aromatic nitrogens is 2. The lowest BCUT2D eigenvalue weighted by molar-refractivity contribution is 0.0196. The number of nitrogens with one attached hydrogen (secondary N) is 1. The molecular formula is C34H33F3N8OS. The van der Waals surface area contributed by atoms with E-state index in [0.717, 1.165) is 56.5 Å². The standard InChI is InChI=1S/C34H33F3N8OS/c35-19-6-9-44(13-19)16-34(7-1-8-34)17-46-33-42-29-23(32(43-33)45-14-20-2-3-21(15-45)41-20)10-18(11-38)26(28(29)37)22-4-5-25(36)30-27(22)24(12-39)31(40)47-30/h4-5,10,19-21,41H,1-3,6-9,13-17,40H2/t19-,20?,21?/m0/s1. The number of nitrogen functional groups attached to an aromatic ring is 1.